The van der Waals surface area contributed by atoms with Crippen LogP contribution < -0.4 is 9.47 Å². The normalized spacial score (nSPS) is 14.6. The zero-order valence-corrected chi connectivity index (χ0v) is 18.5. The number of rotatable bonds is 4. The third kappa shape index (κ3) is 3.79. The molecule has 1 heterocycles. The lowest BCUT2D eigenvalue weighted by Gasteiger charge is -2.30. The van der Waals surface area contributed by atoms with E-state index in [2.05, 4.69) is 56.3 Å². The van der Waals surface area contributed by atoms with Crippen molar-refractivity contribution in [2.24, 2.45) is 4.99 Å². The molecule has 1 aliphatic heterocycles. The molecular formula is C24H26BrNO2. The van der Waals surface area contributed by atoms with E-state index in [0.717, 1.165) is 30.1 Å². The molecule has 0 saturated heterocycles. The number of halogens is 1. The number of aliphatic imine (C=N–C) groups is 1. The Morgan fingerprint density at radius 3 is 2.43 bits per heavy atom. The maximum atomic E-state index is 5.47. The monoisotopic (exact) mass is 439 g/mol. The third-order valence-corrected chi connectivity index (χ3v) is 5.22. The topological polar surface area (TPSA) is 30.8 Å². The Kier molecular flexibility index (Phi) is 5.80. The van der Waals surface area contributed by atoms with Crippen molar-refractivity contribution in [3.63, 3.8) is 0 Å². The Labute approximate surface area is 177 Å². The Hall–Kier alpha value is -2.33. The van der Waals surface area contributed by atoms with Crippen LogP contribution in [0, 0.1) is 0 Å². The van der Waals surface area contributed by atoms with Gasteiger partial charge in [0, 0.05) is 12.1 Å². The maximum absolute atomic E-state index is 5.47. The van der Waals surface area contributed by atoms with Crippen LogP contribution in [0.15, 0.2) is 59.6 Å². The quantitative estimate of drug-likeness (QED) is 0.513. The van der Waals surface area contributed by atoms with Gasteiger partial charge in [-0.1, -0.05) is 42.5 Å². The first-order valence-corrected chi connectivity index (χ1v) is 9.31. The zero-order chi connectivity index (χ0) is 19.0. The largest absolute Gasteiger partial charge is 0.493 e. The summed E-state index contributed by atoms with van der Waals surface area (Å²) in [5.41, 5.74) is 4.87. The molecule has 0 aliphatic carbocycles. The lowest BCUT2D eigenvalue weighted by atomic mass is 9.82. The second kappa shape index (κ2) is 7.96. The van der Waals surface area contributed by atoms with Gasteiger partial charge in [-0.05, 0) is 59.9 Å². The van der Waals surface area contributed by atoms with E-state index in [1.54, 1.807) is 14.2 Å². The zero-order valence-electron chi connectivity index (χ0n) is 16.8. The van der Waals surface area contributed by atoms with Crippen molar-refractivity contribution in [2.45, 2.75) is 32.2 Å². The minimum absolute atomic E-state index is 0. The molecule has 3 aromatic carbocycles. The molecule has 0 amide bonds. The van der Waals surface area contributed by atoms with E-state index >= 15 is 0 Å². The molecular weight excluding hydrogens is 414 g/mol. The van der Waals surface area contributed by atoms with Gasteiger partial charge < -0.3 is 9.47 Å². The van der Waals surface area contributed by atoms with E-state index < -0.39 is 0 Å². The number of hydrogen-bond acceptors (Lipinski definition) is 3. The first-order chi connectivity index (χ1) is 13.0. The van der Waals surface area contributed by atoms with Crippen molar-refractivity contribution in [3.05, 3.63) is 71.3 Å². The fourth-order valence-electron chi connectivity index (χ4n) is 4.01. The van der Waals surface area contributed by atoms with Crippen molar-refractivity contribution in [2.75, 3.05) is 14.2 Å². The highest BCUT2D eigenvalue weighted by Gasteiger charge is 2.28. The van der Waals surface area contributed by atoms with Gasteiger partial charge in [-0.25, -0.2) is 0 Å². The first kappa shape index (κ1) is 20.4. The molecule has 0 radical (unpaired) electrons. The van der Waals surface area contributed by atoms with Gasteiger partial charge in [-0.3, -0.25) is 4.99 Å². The molecule has 0 saturated carbocycles. The van der Waals surface area contributed by atoms with Crippen molar-refractivity contribution >= 4 is 33.5 Å². The molecule has 146 valence electrons. The fraction of sp³-hybridized carbons (Fsp3) is 0.292. The van der Waals surface area contributed by atoms with Crippen molar-refractivity contribution in [1.82, 2.24) is 0 Å². The summed E-state index contributed by atoms with van der Waals surface area (Å²) < 4.78 is 10.8. The minimum Gasteiger partial charge on any atom is -0.493 e. The second-order valence-electron chi connectivity index (χ2n) is 7.73. The molecule has 4 rings (SSSR count). The molecule has 3 aromatic rings. The van der Waals surface area contributed by atoms with E-state index in [4.69, 9.17) is 14.5 Å². The van der Waals surface area contributed by atoms with Crippen molar-refractivity contribution in [3.8, 4) is 11.5 Å². The average molecular weight is 440 g/mol. The van der Waals surface area contributed by atoms with Crippen molar-refractivity contribution < 1.29 is 9.47 Å². The van der Waals surface area contributed by atoms with Crippen LogP contribution in [0.25, 0.3) is 10.8 Å². The molecule has 0 bridgehead atoms. The first-order valence-electron chi connectivity index (χ1n) is 9.31. The molecule has 0 fully saturated rings. The summed E-state index contributed by atoms with van der Waals surface area (Å²) in [6.07, 6.45) is 1.73. The van der Waals surface area contributed by atoms with Crippen LogP contribution in [0.3, 0.4) is 0 Å². The molecule has 0 aromatic heterocycles. The summed E-state index contributed by atoms with van der Waals surface area (Å²) in [4.78, 5) is 5.10. The molecule has 0 atom stereocenters. The van der Waals surface area contributed by atoms with Gasteiger partial charge in [0.15, 0.2) is 11.5 Å². The van der Waals surface area contributed by atoms with Gasteiger partial charge in [0.2, 0.25) is 0 Å². The summed E-state index contributed by atoms with van der Waals surface area (Å²) in [5, 5.41) is 2.63. The second-order valence-corrected chi connectivity index (χ2v) is 7.73. The van der Waals surface area contributed by atoms with E-state index in [0.29, 0.717) is 0 Å². The number of fused-ring (bicyclic) bond motifs is 3. The number of nitrogens with zero attached hydrogens (tertiary/aromatic N) is 1. The highest BCUT2D eigenvalue weighted by molar-refractivity contribution is 8.93. The predicted octanol–water partition coefficient (Wildman–Crippen LogP) is 5.80. The number of benzene rings is 3. The molecule has 0 unspecified atom stereocenters. The number of ether oxygens (including phenoxy) is 2. The van der Waals surface area contributed by atoms with E-state index in [1.807, 2.05) is 12.1 Å². The van der Waals surface area contributed by atoms with Crippen LogP contribution >= 0.6 is 17.0 Å². The van der Waals surface area contributed by atoms with Crippen LogP contribution in [0.4, 0.5) is 0 Å². The minimum atomic E-state index is -0.108. The van der Waals surface area contributed by atoms with Crippen LogP contribution in [0.2, 0.25) is 0 Å². The van der Waals surface area contributed by atoms with Crippen LogP contribution in [0.1, 0.15) is 30.5 Å². The van der Waals surface area contributed by atoms with Crippen molar-refractivity contribution in [1.29, 1.82) is 0 Å². The smallest absolute Gasteiger partial charge is 0.160 e. The Bertz CT molecular complexity index is 1040. The average Bonchev–Trinajstić information content (AvgIpc) is 2.67. The predicted molar refractivity (Wildman–Crippen MR) is 122 cm³/mol. The standard InChI is InChI=1S/C24H25NO2.BrH/c1-24(2)15-20-18-8-6-5-7-17(18)10-11-19(20)21(25-24)13-16-9-12-22(26-3)23(14-16)27-4;/h5-12,14H,13,15H2,1-4H3;1H. The molecule has 0 N–H and O–H groups in total. The Morgan fingerprint density at radius 1 is 0.929 bits per heavy atom. The van der Waals surface area contributed by atoms with E-state index in [-0.39, 0.29) is 22.5 Å². The highest BCUT2D eigenvalue weighted by Crippen LogP contribution is 2.34. The lowest BCUT2D eigenvalue weighted by molar-refractivity contribution is 0.354. The van der Waals surface area contributed by atoms with Gasteiger partial charge in [0.25, 0.3) is 0 Å². The lowest BCUT2D eigenvalue weighted by Crippen LogP contribution is -2.30. The van der Waals surface area contributed by atoms with E-state index in [9.17, 15) is 0 Å². The Balaban J connectivity index is 0.00000225. The number of methoxy groups -OCH3 is 2. The molecule has 4 heteroatoms. The summed E-state index contributed by atoms with van der Waals surface area (Å²) >= 11 is 0. The fourth-order valence-corrected chi connectivity index (χ4v) is 4.01. The van der Waals surface area contributed by atoms with E-state index in [1.165, 1.54) is 27.5 Å². The molecule has 0 spiro atoms. The van der Waals surface area contributed by atoms with Crippen LogP contribution in [0.5, 0.6) is 11.5 Å². The Morgan fingerprint density at radius 2 is 1.68 bits per heavy atom. The molecule has 28 heavy (non-hydrogen) atoms. The van der Waals surface area contributed by atoms with Gasteiger partial charge in [-0.15, -0.1) is 17.0 Å². The van der Waals surface area contributed by atoms with Gasteiger partial charge in [-0.2, -0.15) is 0 Å². The van der Waals surface area contributed by atoms with Gasteiger partial charge in [0.05, 0.1) is 19.8 Å². The third-order valence-electron chi connectivity index (χ3n) is 5.22. The van der Waals surface area contributed by atoms with Crippen LogP contribution in [-0.2, 0) is 12.8 Å². The summed E-state index contributed by atoms with van der Waals surface area (Å²) in [6.45, 7) is 4.43. The molecule has 3 nitrogen and oxygen atoms in total. The number of hydrogen-bond donors (Lipinski definition) is 0. The summed E-state index contributed by atoms with van der Waals surface area (Å²) in [5.74, 6) is 1.50. The summed E-state index contributed by atoms with van der Waals surface area (Å²) in [6, 6.07) is 19.2. The molecule has 1 aliphatic rings. The highest BCUT2D eigenvalue weighted by atomic mass is 79.9. The van der Waals surface area contributed by atoms with Gasteiger partial charge in [0.1, 0.15) is 0 Å². The van der Waals surface area contributed by atoms with Crippen LogP contribution in [-0.4, -0.2) is 25.5 Å². The maximum Gasteiger partial charge on any atom is 0.160 e. The summed E-state index contributed by atoms with van der Waals surface area (Å²) in [7, 11) is 3.33. The van der Waals surface area contributed by atoms with Gasteiger partial charge >= 0.3 is 0 Å². The SMILES string of the molecule is Br.COc1ccc(CC2=NC(C)(C)Cc3c2ccc2ccccc32)cc1OC.